The van der Waals surface area contributed by atoms with Gasteiger partial charge in [0.2, 0.25) is 11.9 Å². The summed E-state index contributed by atoms with van der Waals surface area (Å²) >= 11 is 0. The number of carbonyl (C=O) groups is 1. The number of aromatic nitrogens is 2. The fourth-order valence-corrected chi connectivity index (χ4v) is 3.31. The molecule has 0 spiro atoms. The Bertz CT molecular complexity index is 656. The molecule has 0 bridgehead atoms. The third-order valence-electron chi connectivity index (χ3n) is 4.54. The van der Waals surface area contributed by atoms with Crippen LogP contribution >= 0.6 is 0 Å². The van der Waals surface area contributed by atoms with Crippen LogP contribution in [0.25, 0.3) is 0 Å². The second-order valence-electron chi connectivity index (χ2n) is 6.72. The van der Waals surface area contributed by atoms with Crippen LogP contribution in [0.2, 0.25) is 0 Å². The SMILES string of the molecule is CN(C)c1nc(N2CCCC2)nc2c1CN(C(=O)CC(F)(F)F)CC2. The molecule has 1 amide bonds. The van der Waals surface area contributed by atoms with Gasteiger partial charge in [0.1, 0.15) is 12.2 Å². The summed E-state index contributed by atoms with van der Waals surface area (Å²) in [5.74, 6) is 0.456. The topological polar surface area (TPSA) is 52.6 Å². The number of rotatable bonds is 3. The van der Waals surface area contributed by atoms with E-state index in [0.717, 1.165) is 37.2 Å². The van der Waals surface area contributed by atoms with Crippen molar-refractivity contribution >= 4 is 17.7 Å². The monoisotopic (exact) mass is 357 g/mol. The Balaban J connectivity index is 1.87. The van der Waals surface area contributed by atoms with E-state index in [-0.39, 0.29) is 13.1 Å². The summed E-state index contributed by atoms with van der Waals surface area (Å²) in [6.07, 6.45) is -3.25. The number of fused-ring (bicyclic) bond motifs is 1. The summed E-state index contributed by atoms with van der Waals surface area (Å²) < 4.78 is 37.5. The molecule has 138 valence electrons. The van der Waals surface area contributed by atoms with Crippen molar-refractivity contribution < 1.29 is 18.0 Å². The van der Waals surface area contributed by atoms with Gasteiger partial charge in [0.05, 0.1) is 12.2 Å². The Kier molecular flexibility index (Phi) is 4.75. The zero-order valence-electron chi connectivity index (χ0n) is 14.4. The highest BCUT2D eigenvalue weighted by molar-refractivity contribution is 5.77. The lowest BCUT2D eigenvalue weighted by Gasteiger charge is -2.32. The van der Waals surface area contributed by atoms with E-state index in [4.69, 9.17) is 0 Å². The molecule has 0 atom stereocenters. The highest BCUT2D eigenvalue weighted by atomic mass is 19.4. The van der Waals surface area contributed by atoms with Gasteiger partial charge in [-0.25, -0.2) is 4.98 Å². The molecule has 0 unspecified atom stereocenters. The lowest BCUT2D eigenvalue weighted by molar-refractivity contribution is -0.162. The van der Waals surface area contributed by atoms with Crippen LogP contribution in [-0.2, 0) is 17.8 Å². The quantitative estimate of drug-likeness (QED) is 0.828. The van der Waals surface area contributed by atoms with Gasteiger partial charge in [-0.3, -0.25) is 4.79 Å². The number of hydrogen-bond donors (Lipinski definition) is 0. The van der Waals surface area contributed by atoms with Crippen LogP contribution in [0, 0.1) is 0 Å². The summed E-state index contributed by atoms with van der Waals surface area (Å²) in [5.41, 5.74) is 1.58. The first kappa shape index (κ1) is 17.8. The third-order valence-corrected chi connectivity index (χ3v) is 4.54. The molecule has 9 heteroatoms. The van der Waals surface area contributed by atoms with Crippen molar-refractivity contribution in [3.05, 3.63) is 11.3 Å². The molecule has 0 aliphatic carbocycles. The summed E-state index contributed by atoms with van der Waals surface area (Å²) in [6.45, 7) is 2.22. The highest BCUT2D eigenvalue weighted by Gasteiger charge is 2.35. The van der Waals surface area contributed by atoms with Crippen LogP contribution in [-0.4, -0.2) is 60.7 Å². The predicted octanol–water partition coefficient (Wildman–Crippen LogP) is 1.98. The maximum absolute atomic E-state index is 12.5. The molecule has 6 nitrogen and oxygen atoms in total. The molecule has 25 heavy (non-hydrogen) atoms. The fraction of sp³-hybridized carbons (Fsp3) is 0.688. The number of anilines is 2. The Hall–Kier alpha value is -2.06. The van der Waals surface area contributed by atoms with Crippen molar-refractivity contribution in [1.82, 2.24) is 14.9 Å². The van der Waals surface area contributed by atoms with E-state index in [1.54, 1.807) is 0 Å². The standard InChI is InChI=1S/C16H22F3N5O/c1-22(2)14-11-10-24(13(25)9-16(17,18)19)8-5-12(11)20-15(21-14)23-6-3-4-7-23/h3-10H2,1-2H3. The van der Waals surface area contributed by atoms with E-state index in [1.165, 1.54) is 4.90 Å². The molecule has 1 fully saturated rings. The van der Waals surface area contributed by atoms with Crippen molar-refractivity contribution in [3.8, 4) is 0 Å². The van der Waals surface area contributed by atoms with E-state index in [9.17, 15) is 18.0 Å². The molecule has 3 heterocycles. The number of carbonyl (C=O) groups excluding carboxylic acids is 1. The predicted molar refractivity (Wildman–Crippen MR) is 87.6 cm³/mol. The molecule has 0 aromatic carbocycles. The van der Waals surface area contributed by atoms with Gasteiger partial charge < -0.3 is 14.7 Å². The Labute approximate surface area is 144 Å². The molecule has 1 aromatic rings. The van der Waals surface area contributed by atoms with Crippen molar-refractivity contribution in [1.29, 1.82) is 0 Å². The lowest BCUT2D eigenvalue weighted by Crippen LogP contribution is -2.39. The molecule has 1 saturated heterocycles. The normalized spacial score (nSPS) is 17.6. The average molecular weight is 357 g/mol. The minimum atomic E-state index is -4.49. The van der Waals surface area contributed by atoms with Crippen molar-refractivity contribution in [2.75, 3.05) is 43.5 Å². The van der Waals surface area contributed by atoms with E-state index in [2.05, 4.69) is 14.9 Å². The highest BCUT2D eigenvalue weighted by Crippen LogP contribution is 2.30. The van der Waals surface area contributed by atoms with Gasteiger partial charge in [0.15, 0.2) is 0 Å². The van der Waals surface area contributed by atoms with E-state index < -0.39 is 18.5 Å². The van der Waals surface area contributed by atoms with E-state index >= 15 is 0 Å². The molecular weight excluding hydrogens is 335 g/mol. The Morgan fingerprint density at radius 1 is 1.16 bits per heavy atom. The van der Waals surface area contributed by atoms with Crippen molar-refractivity contribution in [3.63, 3.8) is 0 Å². The van der Waals surface area contributed by atoms with E-state index in [1.807, 2.05) is 19.0 Å². The first-order valence-corrected chi connectivity index (χ1v) is 8.41. The molecule has 0 radical (unpaired) electrons. The lowest BCUT2D eigenvalue weighted by atomic mass is 10.1. The van der Waals surface area contributed by atoms with Gasteiger partial charge in [0.25, 0.3) is 0 Å². The Morgan fingerprint density at radius 3 is 2.44 bits per heavy atom. The number of halogens is 3. The zero-order valence-corrected chi connectivity index (χ0v) is 14.4. The first-order chi connectivity index (χ1) is 11.7. The van der Waals surface area contributed by atoms with Crippen LogP contribution in [0.1, 0.15) is 30.5 Å². The fourth-order valence-electron chi connectivity index (χ4n) is 3.31. The molecule has 2 aliphatic rings. The molecular formula is C16H22F3N5O. The van der Waals surface area contributed by atoms with Crippen molar-refractivity contribution in [2.24, 2.45) is 0 Å². The largest absolute Gasteiger partial charge is 0.397 e. The number of hydrogen-bond acceptors (Lipinski definition) is 5. The third kappa shape index (κ3) is 3.96. The van der Waals surface area contributed by atoms with Crippen LogP contribution in [0.5, 0.6) is 0 Å². The smallest absolute Gasteiger partial charge is 0.362 e. The molecule has 0 N–H and O–H groups in total. The van der Waals surface area contributed by atoms with Gasteiger partial charge in [0, 0.05) is 45.7 Å². The number of alkyl halides is 3. The van der Waals surface area contributed by atoms with Gasteiger partial charge in [-0.2, -0.15) is 18.2 Å². The van der Waals surface area contributed by atoms with Gasteiger partial charge in [-0.15, -0.1) is 0 Å². The minimum absolute atomic E-state index is 0.123. The Morgan fingerprint density at radius 2 is 1.84 bits per heavy atom. The van der Waals surface area contributed by atoms with Crippen molar-refractivity contribution in [2.45, 2.75) is 38.4 Å². The maximum atomic E-state index is 12.5. The van der Waals surface area contributed by atoms with Gasteiger partial charge in [-0.05, 0) is 12.8 Å². The summed E-state index contributed by atoms with van der Waals surface area (Å²) in [5, 5.41) is 0. The van der Waals surface area contributed by atoms with Crippen LogP contribution < -0.4 is 9.80 Å². The summed E-state index contributed by atoms with van der Waals surface area (Å²) in [6, 6.07) is 0. The second kappa shape index (κ2) is 6.68. The summed E-state index contributed by atoms with van der Waals surface area (Å²) in [7, 11) is 3.68. The van der Waals surface area contributed by atoms with Crippen LogP contribution in [0.15, 0.2) is 0 Å². The molecule has 3 rings (SSSR count). The van der Waals surface area contributed by atoms with Crippen LogP contribution in [0.4, 0.5) is 24.9 Å². The van der Waals surface area contributed by atoms with Gasteiger partial charge in [-0.1, -0.05) is 0 Å². The second-order valence-corrected chi connectivity index (χ2v) is 6.72. The molecule has 2 aliphatic heterocycles. The number of amides is 1. The van der Waals surface area contributed by atoms with Crippen LogP contribution in [0.3, 0.4) is 0 Å². The maximum Gasteiger partial charge on any atom is 0.397 e. The van der Waals surface area contributed by atoms with E-state index in [0.29, 0.717) is 18.2 Å². The molecule has 1 aromatic heterocycles. The zero-order chi connectivity index (χ0) is 18.2. The first-order valence-electron chi connectivity index (χ1n) is 8.41. The average Bonchev–Trinajstić information content (AvgIpc) is 3.05. The summed E-state index contributed by atoms with van der Waals surface area (Å²) in [4.78, 5) is 26.4. The molecule has 0 saturated carbocycles. The van der Waals surface area contributed by atoms with Gasteiger partial charge >= 0.3 is 6.18 Å². The number of nitrogens with zero attached hydrogens (tertiary/aromatic N) is 5. The minimum Gasteiger partial charge on any atom is -0.362 e.